The molecule has 21 heavy (non-hydrogen) atoms. The minimum atomic E-state index is -0.465. The molecule has 2 aliphatic rings. The molecule has 0 aromatic carbocycles. The molecule has 0 bridgehead atoms. The molecule has 2 aliphatic heterocycles. The lowest BCUT2D eigenvalue weighted by atomic mass is 10.0. The molecule has 120 valence electrons. The van der Waals surface area contributed by atoms with E-state index in [9.17, 15) is 4.79 Å². The van der Waals surface area contributed by atoms with E-state index in [1.807, 2.05) is 20.8 Å². The zero-order valence-corrected chi connectivity index (χ0v) is 13.5. The highest BCUT2D eigenvalue weighted by Gasteiger charge is 2.27. The van der Waals surface area contributed by atoms with E-state index in [0.717, 1.165) is 25.5 Å². The summed E-state index contributed by atoms with van der Waals surface area (Å²) in [5.41, 5.74) is -0.465. The number of rotatable bonds is 2. The average Bonchev–Trinajstić information content (AvgIpc) is 2.91. The summed E-state index contributed by atoms with van der Waals surface area (Å²) >= 11 is 0. The van der Waals surface area contributed by atoms with E-state index in [2.05, 4.69) is 17.2 Å². The Morgan fingerprint density at radius 1 is 1.52 bits per heavy atom. The van der Waals surface area contributed by atoms with Crippen molar-refractivity contribution in [1.82, 2.24) is 10.2 Å². The standard InChI is InChI=1S/C15H27N3O3/c1-11(12-5-8-20-10-12)17-13-9-18(7-6-16-13)14(19)21-15(2,3)4/h11-12H,5-10H2,1-4H3,(H,16,17). The van der Waals surface area contributed by atoms with Crippen LogP contribution in [0.2, 0.25) is 0 Å². The van der Waals surface area contributed by atoms with Crippen LogP contribution < -0.4 is 5.32 Å². The Labute approximate surface area is 126 Å². The van der Waals surface area contributed by atoms with E-state index < -0.39 is 5.60 Å². The Hall–Kier alpha value is -1.30. The lowest BCUT2D eigenvalue weighted by Gasteiger charge is -2.31. The van der Waals surface area contributed by atoms with Crippen molar-refractivity contribution >= 4 is 11.9 Å². The number of amides is 1. The van der Waals surface area contributed by atoms with Gasteiger partial charge in [-0.1, -0.05) is 0 Å². The zero-order valence-electron chi connectivity index (χ0n) is 13.5. The Balaban J connectivity index is 1.85. The lowest BCUT2D eigenvalue weighted by Crippen LogP contribution is -2.50. The number of nitrogens with zero attached hydrogens (tertiary/aromatic N) is 2. The first-order valence-corrected chi connectivity index (χ1v) is 7.71. The van der Waals surface area contributed by atoms with E-state index in [1.165, 1.54) is 0 Å². The van der Waals surface area contributed by atoms with E-state index in [1.54, 1.807) is 4.90 Å². The van der Waals surface area contributed by atoms with Crippen molar-refractivity contribution in [3.63, 3.8) is 0 Å². The van der Waals surface area contributed by atoms with Crippen LogP contribution in [0.25, 0.3) is 0 Å². The maximum Gasteiger partial charge on any atom is 0.410 e. The summed E-state index contributed by atoms with van der Waals surface area (Å²) in [6.07, 6.45) is 0.811. The van der Waals surface area contributed by atoms with Crippen LogP contribution in [0.4, 0.5) is 4.79 Å². The second kappa shape index (κ2) is 6.64. The summed E-state index contributed by atoms with van der Waals surface area (Å²) in [5.74, 6) is 1.39. The molecule has 2 heterocycles. The molecule has 0 saturated carbocycles. The minimum Gasteiger partial charge on any atom is -0.444 e. The van der Waals surface area contributed by atoms with Crippen LogP contribution in [0.1, 0.15) is 34.1 Å². The highest BCUT2D eigenvalue weighted by atomic mass is 16.6. The molecular formula is C15H27N3O3. The van der Waals surface area contributed by atoms with E-state index >= 15 is 0 Å². The van der Waals surface area contributed by atoms with Crippen LogP contribution in [-0.4, -0.2) is 61.3 Å². The third-order valence-corrected chi connectivity index (χ3v) is 3.73. The molecule has 2 atom stereocenters. The van der Waals surface area contributed by atoms with Gasteiger partial charge in [0.25, 0.3) is 0 Å². The smallest absolute Gasteiger partial charge is 0.410 e. The predicted molar refractivity (Wildman–Crippen MR) is 81.6 cm³/mol. The SMILES string of the molecule is CC(NC1=NCCN(C(=O)OC(C)(C)C)C1)C1CCOC1. The van der Waals surface area contributed by atoms with Crippen molar-refractivity contribution < 1.29 is 14.3 Å². The zero-order chi connectivity index (χ0) is 15.5. The average molecular weight is 297 g/mol. The molecule has 0 aromatic rings. The van der Waals surface area contributed by atoms with Crippen molar-refractivity contribution in [2.75, 3.05) is 32.8 Å². The van der Waals surface area contributed by atoms with E-state index in [0.29, 0.717) is 31.6 Å². The first-order chi connectivity index (χ1) is 9.85. The molecule has 0 aliphatic carbocycles. The number of nitrogens with one attached hydrogen (secondary N) is 1. The second-order valence-corrected chi connectivity index (χ2v) is 6.79. The number of carbonyl (C=O) groups excluding carboxylic acids is 1. The number of carbonyl (C=O) groups is 1. The monoisotopic (exact) mass is 297 g/mol. The van der Waals surface area contributed by atoms with Crippen LogP contribution in [0.5, 0.6) is 0 Å². The number of aliphatic imine (C=N–C) groups is 1. The Morgan fingerprint density at radius 2 is 2.29 bits per heavy atom. The topological polar surface area (TPSA) is 63.2 Å². The second-order valence-electron chi connectivity index (χ2n) is 6.79. The molecule has 2 unspecified atom stereocenters. The van der Waals surface area contributed by atoms with Crippen LogP contribution >= 0.6 is 0 Å². The van der Waals surface area contributed by atoms with Gasteiger partial charge in [0.1, 0.15) is 11.4 Å². The number of ether oxygens (including phenoxy) is 2. The van der Waals surface area contributed by atoms with Gasteiger partial charge in [-0.15, -0.1) is 0 Å². The third-order valence-electron chi connectivity index (χ3n) is 3.73. The van der Waals surface area contributed by atoms with Gasteiger partial charge in [0.05, 0.1) is 19.7 Å². The molecule has 0 spiro atoms. The molecule has 1 fully saturated rings. The van der Waals surface area contributed by atoms with Gasteiger partial charge in [0.2, 0.25) is 0 Å². The van der Waals surface area contributed by atoms with Gasteiger partial charge in [-0.05, 0) is 34.1 Å². The normalized spacial score (nSPS) is 24.5. The van der Waals surface area contributed by atoms with Crippen LogP contribution in [0.3, 0.4) is 0 Å². The predicted octanol–water partition coefficient (Wildman–Crippen LogP) is 1.65. The molecule has 0 aromatic heterocycles. The molecule has 1 N–H and O–H groups in total. The van der Waals surface area contributed by atoms with Gasteiger partial charge in [0, 0.05) is 25.1 Å². The fourth-order valence-corrected chi connectivity index (χ4v) is 2.52. The molecule has 2 rings (SSSR count). The molecule has 1 saturated heterocycles. The first-order valence-electron chi connectivity index (χ1n) is 7.71. The van der Waals surface area contributed by atoms with Crippen LogP contribution in [0.15, 0.2) is 4.99 Å². The Morgan fingerprint density at radius 3 is 2.90 bits per heavy atom. The third kappa shape index (κ3) is 4.88. The fourth-order valence-electron chi connectivity index (χ4n) is 2.52. The molecule has 0 radical (unpaired) electrons. The summed E-state index contributed by atoms with van der Waals surface area (Å²) in [7, 11) is 0. The Bertz CT molecular complexity index is 397. The summed E-state index contributed by atoms with van der Waals surface area (Å²) < 4.78 is 10.8. The summed E-state index contributed by atoms with van der Waals surface area (Å²) in [4.78, 5) is 18.3. The highest BCUT2D eigenvalue weighted by molar-refractivity contribution is 5.88. The van der Waals surface area contributed by atoms with Crippen LogP contribution in [-0.2, 0) is 9.47 Å². The molecule has 6 heteroatoms. The van der Waals surface area contributed by atoms with Crippen molar-refractivity contribution in [1.29, 1.82) is 0 Å². The quantitative estimate of drug-likeness (QED) is 0.842. The lowest BCUT2D eigenvalue weighted by molar-refractivity contribution is 0.0276. The van der Waals surface area contributed by atoms with Gasteiger partial charge in [-0.3, -0.25) is 9.89 Å². The van der Waals surface area contributed by atoms with Crippen molar-refractivity contribution in [3.8, 4) is 0 Å². The largest absolute Gasteiger partial charge is 0.444 e. The maximum atomic E-state index is 12.1. The minimum absolute atomic E-state index is 0.270. The van der Waals surface area contributed by atoms with E-state index in [4.69, 9.17) is 9.47 Å². The molecular weight excluding hydrogens is 270 g/mol. The van der Waals surface area contributed by atoms with Gasteiger partial charge in [-0.2, -0.15) is 0 Å². The van der Waals surface area contributed by atoms with Crippen LogP contribution in [0, 0.1) is 5.92 Å². The summed E-state index contributed by atoms with van der Waals surface area (Å²) in [6, 6.07) is 0.310. The highest BCUT2D eigenvalue weighted by Crippen LogP contribution is 2.17. The number of hydrogen-bond acceptors (Lipinski definition) is 5. The summed E-state index contributed by atoms with van der Waals surface area (Å²) in [6.45, 7) is 11.2. The van der Waals surface area contributed by atoms with Crippen molar-refractivity contribution in [3.05, 3.63) is 0 Å². The first kappa shape index (κ1) is 16.1. The fraction of sp³-hybridized carbons (Fsp3) is 0.867. The molecule has 6 nitrogen and oxygen atoms in total. The summed E-state index contributed by atoms with van der Waals surface area (Å²) in [5, 5.41) is 3.43. The maximum absolute atomic E-state index is 12.1. The van der Waals surface area contributed by atoms with Gasteiger partial charge in [-0.25, -0.2) is 4.79 Å². The van der Waals surface area contributed by atoms with E-state index in [-0.39, 0.29) is 6.09 Å². The Kier molecular flexibility index (Phi) is 5.08. The van der Waals surface area contributed by atoms with Gasteiger partial charge >= 0.3 is 6.09 Å². The van der Waals surface area contributed by atoms with Gasteiger partial charge < -0.3 is 14.8 Å². The molecule has 1 amide bonds. The van der Waals surface area contributed by atoms with Gasteiger partial charge in [0.15, 0.2) is 0 Å². The number of hydrogen-bond donors (Lipinski definition) is 1. The number of amidine groups is 1. The van der Waals surface area contributed by atoms with Crippen molar-refractivity contribution in [2.24, 2.45) is 10.9 Å². The van der Waals surface area contributed by atoms with Crippen molar-refractivity contribution in [2.45, 2.75) is 45.8 Å².